The quantitative estimate of drug-likeness (QED) is 0.143. The van der Waals surface area contributed by atoms with E-state index in [4.69, 9.17) is 9.47 Å². The second-order valence-corrected chi connectivity index (χ2v) is 9.57. The van der Waals surface area contributed by atoms with Crippen LogP contribution in [-0.2, 0) is 17.8 Å². The molecular weight excluding hydrogens is 544 g/mol. The van der Waals surface area contributed by atoms with Gasteiger partial charge in [0.15, 0.2) is 17.2 Å². The summed E-state index contributed by atoms with van der Waals surface area (Å²) in [5.41, 5.74) is 2.86. The molecule has 2 N–H and O–H groups in total. The first-order valence-corrected chi connectivity index (χ1v) is 13.6. The minimum atomic E-state index is -0.806. The van der Waals surface area contributed by atoms with Crippen LogP contribution in [0.5, 0.6) is 17.4 Å². The molecule has 0 bridgehead atoms. The third-order valence-corrected chi connectivity index (χ3v) is 6.86. The summed E-state index contributed by atoms with van der Waals surface area (Å²) in [5, 5.41) is 22.6. The van der Waals surface area contributed by atoms with Gasteiger partial charge in [0.05, 0.1) is 19.7 Å². The first-order chi connectivity index (χ1) is 21.0. The molecular formula is C34H30N4O5. The lowest BCUT2D eigenvalue weighted by atomic mass is 10.1. The highest BCUT2D eigenvalue weighted by Gasteiger charge is 2.19. The van der Waals surface area contributed by atoms with Crippen LogP contribution in [-0.4, -0.2) is 35.7 Å². The average molecular weight is 575 g/mol. The fourth-order valence-electron chi connectivity index (χ4n) is 4.68. The van der Waals surface area contributed by atoms with Gasteiger partial charge in [0, 0.05) is 17.5 Å². The lowest BCUT2D eigenvalue weighted by Crippen LogP contribution is -2.26. The summed E-state index contributed by atoms with van der Waals surface area (Å²) in [6.45, 7) is 0.497. The Kier molecular flexibility index (Phi) is 8.92. The van der Waals surface area contributed by atoms with E-state index in [1.54, 1.807) is 53.1 Å². The van der Waals surface area contributed by atoms with Crippen LogP contribution in [0.3, 0.4) is 0 Å². The molecule has 216 valence electrons. The first-order valence-electron chi connectivity index (χ1n) is 13.6. The van der Waals surface area contributed by atoms with Gasteiger partial charge in [0.1, 0.15) is 5.70 Å². The predicted molar refractivity (Wildman–Crippen MR) is 165 cm³/mol. The van der Waals surface area contributed by atoms with Crippen molar-refractivity contribution in [2.45, 2.75) is 13.0 Å². The Morgan fingerprint density at radius 3 is 2.26 bits per heavy atom. The zero-order valence-electron chi connectivity index (χ0n) is 23.7. The zero-order valence-corrected chi connectivity index (χ0v) is 23.7. The Morgan fingerprint density at radius 2 is 1.53 bits per heavy atom. The molecule has 5 aromatic rings. The van der Waals surface area contributed by atoms with Crippen molar-refractivity contribution in [1.82, 2.24) is 9.88 Å². The number of azo groups is 1. The topological polar surface area (TPSA) is 115 Å². The summed E-state index contributed by atoms with van der Waals surface area (Å²) in [5.74, 6) is -0.435. The van der Waals surface area contributed by atoms with Crippen LogP contribution in [0.4, 0.5) is 5.69 Å². The lowest BCUT2D eigenvalue weighted by molar-refractivity contribution is -0.115. The van der Waals surface area contributed by atoms with Crippen molar-refractivity contribution >= 4 is 34.5 Å². The third-order valence-electron chi connectivity index (χ3n) is 6.86. The second-order valence-electron chi connectivity index (χ2n) is 9.57. The van der Waals surface area contributed by atoms with E-state index in [2.05, 4.69) is 15.5 Å². The monoisotopic (exact) mass is 574 g/mol. The number of ether oxygens (including phenoxy) is 2. The predicted octanol–water partition coefficient (Wildman–Crippen LogP) is 6.69. The molecule has 5 rings (SSSR count). The number of carbonyl (C=O) groups excluding carboxylic acids is 2. The highest BCUT2D eigenvalue weighted by molar-refractivity contribution is 6.05. The second kappa shape index (κ2) is 13.3. The Bertz CT molecular complexity index is 1810. The van der Waals surface area contributed by atoms with Crippen molar-refractivity contribution < 1.29 is 24.2 Å². The number of methoxy groups -OCH3 is 2. The van der Waals surface area contributed by atoms with Crippen molar-refractivity contribution in [3.05, 3.63) is 126 Å². The van der Waals surface area contributed by atoms with Crippen molar-refractivity contribution in [3.8, 4) is 17.4 Å². The van der Waals surface area contributed by atoms with Gasteiger partial charge >= 0.3 is 5.91 Å². The number of aryl methyl sites for hydroxylation is 2. The molecule has 0 spiro atoms. The van der Waals surface area contributed by atoms with Crippen molar-refractivity contribution in [2.75, 3.05) is 14.2 Å². The van der Waals surface area contributed by atoms with Crippen LogP contribution in [0, 0.1) is 0 Å². The number of rotatable bonds is 10. The van der Waals surface area contributed by atoms with Crippen LogP contribution in [0.2, 0.25) is 0 Å². The Balaban J connectivity index is 1.48. The molecule has 2 amide bonds. The van der Waals surface area contributed by atoms with Crippen molar-refractivity contribution in [2.24, 2.45) is 10.2 Å². The maximum absolute atomic E-state index is 13.4. The molecule has 0 aliphatic carbocycles. The van der Waals surface area contributed by atoms with Gasteiger partial charge in [-0.05, 0) is 54.0 Å². The highest BCUT2D eigenvalue weighted by Crippen LogP contribution is 2.39. The third kappa shape index (κ3) is 6.62. The van der Waals surface area contributed by atoms with Crippen LogP contribution in [0.15, 0.2) is 119 Å². The van der Waals surface area contributed by atoms with E-state index in [0.29, 0.717) is 41.0 Å². The molecule has 0 fully saturated rings. The van der Waals surface area contributed by atoms with Gasteiger partial charge in [-0.25, -0.2) is 0 Å². The lowest BCUT2D eigenvalue weighted by Gasteiger charge is -2.10. The van der Waals surface area contributed by atoms with Crippen LogP contribution >= 0.6 is 0 Å². The van der Waals surface area contributed by atoms with Gasteiger partial charge in [-0.3, -0.25) is 9.59 Å². The molecule has 0 aliphatic rings. The van der Waals surface area contributed by atoms with Crippen LogP contribution in [0.1, 0.15) is 21.5 Å². The van der Waals surface area contributed by atoms with Gasteiger partial charge in [0.2, 0.25) is 5.88 Å². The maximum atomic E-state index is 13.4. The van der Waals surface area contributed by atoms with E-state index >= 15 is 0 Å². The number of nitrogens with one attached hydrogen (secondary N) is 1. The molecule has 1 aromatic heterocycles. The molecule has 0 saturated heterocycles. The van der Waals surface area contributed by atoms with E-state index in [1.807, 2.05) is 54.6 Å². The number of hydrogen-bond acceptors (Lipinski definition) is 6. The molecule has 9 heteroatoms. The van der Waals surface area contributed by atoms with Gasteiger partial charge in [-0.1, -0.05) is 72.8 Å². The Morgan fingerprint density at radius 1 is 0.860 bits per heavy atom. The molecule has 0 saturated carbocycles. The number of fused-ring (bicyclic) bond motifs is 1. The number of aromatic nitrogens is 1. The standard InChI is InChI=1S/C34H30N4O5/c1-42-29-18-17-24(22-30(29)43-2)21-27(35-32(39)25-13-7-4-8-14-25)33(40)37-36-31-26-15-9-10-16-28(26)38(34(31)41)20-19-23-11-5-3-6-12-23/h3-18,21-22,41H,19-20H2,1-2H3,(H,35,39)/b27-21-,37-36?. The largest absolute Gasteiger partial charge is 0.493 e. The average Bonchev–Trinajstić information content (AvgIpc) is 3.32. The summed E-state index contributed by atoms with van der Waals surface area (Å²) in [4.78, 5) is 26.4. The number of benzene rings is 4. The summed E-state index contributed by atoms with van der Waals surface area (Å²) in [7, 11) is 3.03. The Hall–Kier alpha value is -5.70. The smallest absolute Gasteiger partial charge is 0.311 e. The van der Waals surface area contributed by atoms with E-state index in [-0.39, 0.29) is 17.3 Å². The van der Waals surface area contributed by atoms with E-state index in [0.717, 1.165) is 11.1 Å². The van der Waals surface area contributed by atoms with E-state index in [1.165, 1.54) is 20.3 Å². The summed E-state index contributed by atoms with van der Waals surface area (Å²) < 4.78 is 12.4. The SMILES string of the molecule is COc1ccc(/C=C(\NC(=O)c2ccccc2)C(=O)N=Nc2c(O)n(CCc3ccccc3)c3ccccc23)cc1OC. The summed E-state index contributed by atoms with van der Waals surface area (Å²) in [6, 6.07) is 30.9. The molecule has 43 heavy (non-hydrogen) atoms. The van der Waals surface area contributed by atoms with E-state index in [9.17, 15) is 14.7 Å². The van der Waals surface area contributed by atoms with Crippen LogP contribution in [0.25, 0.3) is 17.0 Å². The molecule has 0 radical (unpaired) electrons. The van der Waals surface area contributed by atoms with Crippen LogP contribution < -0.4 is 14.8 Å². The molecule has 0 unspecified atom stereocenters. The fourth-order valence-corrected chi connectivity index (χ4v) is 4.68. The zero-order chi connectivity index (χ0) is 30.2. The van der Waals surface area contributed by atoms with Crippen molar-refractivity contribution in [1.29, 1.82) is 0 Å². The minimum Gasteiger partial charge on any atom is -0.493 e. The molecule has 9 nitrogen and oxygen atoms in total. The van der Waals surface area contributed by atoms with Gasteiger partial charge in [-0.2, -0.15) is 0 Å². The number of carbonyl (C=O) groups is 2. The van der Waals surface area contributed by atoms with Crippen molar-refractivity contribution in [3.63, 3.8) is 0 Å². The normalized spacial score (nSPS) is 11.5. The Labute approximate surface area is 248 Å². The number of nitrogens with zero attached hydrogens (tertiary/aromatic N) is 3. The number of amides is 2. The summed E-state index contributed by atoms with van der Waals surface area (Å²) >= 11 is 0. The molecule has 4 aromatic carbocycles. The number of aromatic hydroxyl groups is 1. The molecule has 0 aliphatic heterocycles. The van der Waals surface area contributed by atoms with E-state index < -0.39 is 11.8 Å². The minimum absolute atomic E-state index is 0.104. The maximum Gasteiger partial charge on any atom is 0.311 e. The molecule has 0 atom stereocenters. The van der Waals surface area contributed by atoms with Gasteiger partial charge in [0.25, 0.3) is 5.91 Å². The fraction of sp³-hybridized carbons (Fsp3) is 0.118. The number of para-hydroxylation sites is 1. The number of hydrogen-bond donors (Lipinski definition) is 2. The first kappa shape index (κ1) is 28.8. The molecule has 1 heterocycles. The summed E-state index contributed by atoms with van der Waals surface area (Å²) in [6.07, 6.45) is 2.17. The van der Waals surface area contributed by atoms with Gasteiger partial charge in [-0.15, -0.1) is 10.2 Å². The van der Waals surface area contributed by atoms with Gasteiger partial charge < -0.3 is 24.5 Å². The highest BCUT2D eigenvalue weighted by atomic mass is 16.5.